The van der Waals surface area contributed by atoms with Crippen LogP contribution < -0.4 is 0 Å². The summed E-state index contributed by atoms with van der Waals surface area (Å²) in [6, 6.07) is 13.3. The summed E-state index contributed by atoms with van der Waals surface area (Å²) in [5, 5.41) is 0.668. The van der Waals surface area contributed by atoms with Crippen LogP contribution >= 0.6 is 11.6 Å². The third-order valence-electron chi connectivity index (χ3n) is 2.92. The molecule has 0 radical (unpaired) electrons. The molecule has 2 aromatic rings. The summed E-state index contributed by atoms with van der Waals surface area (Å²) in [7, 11) is 0. The zero-order valence-corrected chi connectivity index (χ0v) is 11.7. The maximum Gasteiger partial charge on any atom is 0.186 e. The first kappa shape index (κ1) is 13.6. The number of hydrogen-bond donors (Lipinski definition) is 0. The van der Waals surface area contributed by atoms with Crippen molar-refractivity contribution in [2.45, 2.75) is 13.8 Å². The second-order valence-corrected chi connectivity index (χ2v) is 5.01. The van der Waals surface area contributed by atoms with Crippen LogP contribution in [0.3, 0.4) is 0 Å². The van der Waals surface area contributed by atoms with E-state index in [1.54, 1.807) is 12.2 Å². The highest BCUT2D eigenvalue weighted by atomic mass is 35.5. The minimum Gasteiger partial charge on any atom is -0.289 e. The summed E-state index contributed by atoms with van der Waals surface area (Å²) in [4.78, 5) is 12.1. The lowest BCUT2D eigenvalue weighted by molar-refractivity contribution is 0.104. The summed E-state index contributed by atoms with van der Waals surface area (Å²) in [5.41, 5.74) is 3.82. The Bertz CT molecular complexity index is 641. The Morgan fingerprint density at radius 1 is 1.11 bits per heavy atom. The Labute approximate surface area is 118 Å². The number of aryl methyl sites for hydroxylation is 2. The molecule has 0 bridgehead atoms. The van der Waals surface area contributed by atoms with Gasteiger partial charge in [0.05, 0.1) is 0 Å². The van der Waals surface area contributed by atoms with Gasteiger partial charge in [0, 0.05) is 10.6 Å². The molecule has 2 rings (SSSR count). The molecule has 0 saturated carbocycles. The molecule has 0 aliphatic rings. The maximum atomic E-state index is 12.1. The van der Waals surface area contributed by atoms with E-state index in [0.29, 0.717) is 5.02 Å². The van der Waals surface area contributed by atoms with Crippen LogP contribution in [0.1, 0.15) is 27.0 Å². The van der Waals surface area contributed by atoms with E-state index in [1.807, 2.05) is 56.3 Å². The molecule has 0 aliphatic heterocycles. The van der Waals surface area contributed by atoms with Crippen molar-refractivity contribution in [1.82, 2.24) is 0 Å². The minimum absolute atomic E-state index is 0.0116. The van der Waals surface area contributed by atoms with Gasteiger partial charge in [-0.3, -0.25) is 4.79 Å². The zero-order chi connectivity index (χ0) is 13.8. The standard InChI is InChI=1S/C17H15ClO/c1-12-6-8-16(13(2)10-12)17(19)9-7-14-4-3-5-15(18)11-14/h3-11H,1-2H3/b9-7+. The lowest BCUT2D eigenvalue weighted by atomic mass is 10.0. The van der Waals surface area contributed by atoms with Crippen LogP contribution in [0.4, 0.5) is 0 Å². The highest BCUT2D eigenvalue weighted by molar-refractivity contribution is 6.30. The number of carbonyl (C=O) groups excluding carboxylic acids is 1. The van der Waals surface area contributed by atoms with Crippen LogP contribution in [0.15, 0.2) is 48.5 Å². The van der Waals surface area contributed by atoms with E-state index < -0.39 is 0 Å². The molecular weight excluding hydrogens is 256 g/mol. The maximum absolute atomic E-state index is 12.1. The van der Waals surface area contributed by atoms with Crippen LogP contribution in [0, 0.1) is 13.8 Å². The molecule has 0 unspecified atom stereocenters. The molecule has 0 fully saturated rings. The van der Waals surface area contributed by atoms with E-state index in [2.05, 4.69) is 0 Å². The fraction of sp³-hybridized carbons (Fsp3) is 0.118. The highest BCUT2D eigenvalue weighted by Gasteiger charge is 2.05. The number of ketones is 1. The van der Waals surface area contributed by atoms with Gasteiger partial charge in [-0.25, -0.2) is 0 Å². The second-order valence-electron chi connectivity index (χ2n) is 4.57. The fourth-order valence-electron chi connectivity index (χ4n) is 1.96. The first-order valence-electron chi connectivity index (χ1n) is 6.11. The third kappa shape index (κ3) is 3.55. The Hall–Kier alpha value is -1.86. The third-order valence-corrected chi connectivity index (χ3v) is 3.16. The quantitative estimate of drug-likeness (QED) is 0.575. The SMILES string of the molecule is Cc1ccc(C(=O)/C=C/c2cccc(Cl)c2)c(C)c1. The Kier molecular flexibility index (Phi) is 4.18. The van der Waals surface area contributed by atoms with Gasteiger partial charge in [0.2, 0.25) is 0 Å². The number of allylic oxidation sites excluding steroid dienone is 1. The van der Waals surface area contributed by atoms with Crippen LogP contribution in [-0.4, -0.2) is 5.78 Å². The van der Waals surface area contributed by atoms with Crippen LogP contribution in [0.5, 0.6) is 0 Å². The normalized spacial score (nSPS) is 10.9. The molecule has 2 aromatic carbocycles. The van der Waals surface area contributed by atoms with E-state index in [0.717, 1.165) is 22.3 Å². The number of halogens is 1. The fourth-order valence-corrected chi connectivity index (χ4v) is 2.16. The lowest BCUT2D eigenvalue weighted by Crippen LogP contribution is -1.97. The first-order valence-corrected chi connectivity index (χ1v) is 6.49. The molecule has 0 N–H and O–H groups in total. The smallest absolute Gasteiger partial charge is 0.186 e. The summed E-state index contributed by atoms with van der Waals surface area (Å²) in [6.45, 7) is 3.97. The molecule has 0 atom stereocenters. The average Bonchev–Trinajstić information content (AvgIpc) is 2.36. The van der Waals surface area contributed by atoms with Crippen LogP contribution in [0.25, 0.3) is 6.08 Å². The molecule has 0 heterocycles. The Morgan fingerprint density at radius 2 is 1.89 bits per heavy atom. The molecule has 96 valence electrons. The summed E-state index contributed by atoms with van der Waals surface area (Å²) >= 11 is 5.90. The van der Waals surface area contributed by atoms with Gasteiger partial charge < -0.3 is 0 Å². The minimum atomic E-state index is 0.0116. The van der Waals surface area contributed by atoms with Crippen molar-refractivity contribution in [3.63, 3.8) is 0 Å². The highest BCUT2D eigenvalue weighted by Crippen LogP contribution is 2.14. The Morgan fingerprint density at radius 3 is 2.58 bits per heavy atom. The zero-order valence-electron chi connectivity index (χ0n) is 11.0. The van der Waals surface area contributed by atoms with Crippen LogP contribution in [-0.2, 0) is 0 Å². The molecule has 1 nitrogen and oxygen atoms in total. The van der Waals surface area contributed by atoms with Crippen molar-refractivity contribution < 1.29 is 4.79 Å². The van der Waals surface area contributed by atoms with Crippen molar-refractivity contribution in [3.8, 4) is 0 Å². The molecule has 0 amide bonds. The van der Waals surface area contributed by atoms with E-state index in [1.165, 1.54) is 0 Å². The number of benzene rings is 2. The van der Waals surface area contributed by atoms with Crippen molar-refractivity contribution in [2.75, 3.05) is 0 Å². The summed E-state index contributed by atoms with van der Waals surface area (Å²) in [6.07, 6.45) is 3.37. The van der Waals surface area contributed by atoms with Gasteiger partial charge in [-0.05, 0) is 43.2 Å². The average molecular weight is 271 g/mol. The predicted octanol–water partition coefficient (Wildman–Crippen LogP) is 4.85. The van der Waals surface area contributed by atoms with Gasteiger partial charge in [0.1, 0.15) is 0 Å². The van der Waals surface area contributed by atoms with Crippen molar-refractivity contribution in [1.29, 1.82) is 0 Å². The van der Waals surface area contributed by atoms with Crippen molar-refractivity contribution in [2.24, 2.45) is 0 Å². The molecule has 19 heavy (non-hydrogen) atoms. The van der Waals surface area contributed by atoms with E-state index in [-0.39, 0.29) is 5.78 Å². The van der Waals surface area contributed by atoms with Crippen molar-refractivity contribution >= 4 is 23.5 Å². The monoisotopic (exact) mass is 270 g/mol. The van der Waals surface area contributed by atoms with Gasteiger partial charge in [-0.2, -0.15) is 0 Å². The molecular formula is C17H15ClO. The van der Waals surface area contributed by atoms with Gasteiger partial charge in [-0.15, -0.1) is 0 Å². The first-order chi connectivity index (χ1) is 9.06. The second kappa shape index (κ2) is 5.85. The van der Waals surface area contributed by atoms with Crippen LogP contribution in [0.2, 0.25) is 5.02 Å². The van der Waals surface area contributed by atoms with E-state index >= 15 is 0 Å². The predicted molar refractivity (Wildman–Crippen MR) is 80.7 cm³/mol. The van der Waals surface area contributed by atoms with E-state index in [4.69, 9.17) is 11.6 Å². The number of rotatable bonds is 3. The molecule has 2 heteroatoms. The molecule has 0 aromatic heterocycles. The Balaban J connectivity index is 2.21. The van der Waals surface area contributed by atoms with E-state index in [9.17, 15) is 4.79 Å². The molecule has 0 spiro atoms. The lowest BCUT2D eigenvalue weighted by Gasteiger charge is -2.03. The largest absolute Gasteiger partial charge is 0.289 e. The summed E-state index contributed by atoms with van der Waals surface area (Å²) in [5.74, 6) is 0.0116. The number of carbonyl (C=O) groups is 1. The molecule has 0 saturated heterocycles. The summed E-state index contributed by atoms with van der Waals surface area (Å²) < 4.78 is 0. The van der Waals surface area contributed by atoms with Gasteiger partial charge in [0.25, 0.3) is 0 Å². The van der Waals surface area contributed by atoms with Gasteiger partial charge in [0.15, 0.2) is 5.78 Å². The molecule has 0 aliphatic carbocycles. The van der Waals surface area contributed by atoms with Gasteiger partial charge >= 0.3 is 0 Å². The number of hydrogen-bond acceptors (Lipinski definition) is 1. The topological polar surface area (TPSA) is 17.1 Å². The van der Waals surface area contributed by atoms with Gasteiger partial charge in [-0.1, -0.05) is 53.6 Å². The van der Waals surface area contributed by atoms with Crippen molar-refractivity contribution in [3.05, 3.63) is 75.8 Å².